The van der Waals surface area contributed by atoms with Gasteiger partial charge in [0.1, 0.15) is 5.92 Å². The predicted molar refractivity (Wildman–Crippen MR) is 113 cm³/mol. The Morgan fingerprint density at radius 3 is 1.76 bits per heavy atom. The Morgan fingerprint density at radius 1 is 0.759 bits per heavy atom. The second kappa shape index (κ2) is 7.25. The summed E-state index contributed by atoms with van der Waals surface area (Å²) >= 11 is 0. The molecule has 1 aliphatic rings. The normalized spacial score (nSPS) is 14.7. The van der Waals surface area contributed by atoms with Gasteiger partial charge in [0, 0.05) is 11.1 Å². The van der Waals surface area contributed by atoms with Crippen LogP contribution >= 0.6 is 0 Å². The topological polar surface area (TPSA) is 51.2 Å². The molecule has 0 saturated heterocycles. The number of Topliss-reactive ketones (excluding diaryl/α,β-unsaturated/α-hetero) is 3. The molecule has 0 aliphatic heterocycles. The molecular weight excluding hydrogens is 360 g/mol. The lowest BCUT2D eigenvalue weighted by atomic mass is 9.77. The molecule has 0 spiro atoms. The molecule has 0 radical (unpaired) electrons. The smallest absolute Gasteiger partial charge is 0.181 e. The zero-order valence-corrected chi connectivity index (χ0v) is 16.7. The van der Waals surface area contributed by atoms with Gasteiger partial charge in [0.2, 0.25) is 0 Å². The molecule has 3 aromatic carbocycles. The van der Waals surface area contributed by atoms with E-state index in [0.29, 0.717) is 11.1 Å². The third kappa shape index (κ3) is 3.13. The van der Waals surface area contributed by atoms with Gasteiger partial charge in [0.05, 0.1) is 5.92 Å². The summed E-state index contributed by atoms with van der Waals surface area (Å²) in [5.74, 6) is -3.07. The number of hydrogen-bond acceptors (Lipinski definition) is 3. The van der Waals surface area contributed by atoms with Crippen molar-refractivity contribution in [2.75, 3.05) is 0 Å². The summed E-state index contributed by atoms with van der Waals surface area (Å²) in [6.07, 6.45) is 0. The second-order valence-corrected chi connectivity index (χ2v) is 7.77. The van der Waals surface area contributed by atoms with Crippen molar-refractivity contribution in [2.45, 2.75) is 26.7 Å². The third-order valence-corrected chi connectivity index (χ3v) is 5.71. The number of carbonyl (C=O) groups excluding carboxylic acids is 3. The minimum Gasteiger partial charge on any atom is -0.297 e. The number of fused-ring (bicyclic) bond motifs is 1. The molecule has 4 rings (SSSR count). The molecule has 3 aromatic rings. The van der Waals surface area contributed by atoms with Crippen LogP contribution in [0.2, 0.25) is 0 Å². The minimum absolute atomic E-state index is 0.347. The summed E-state index contributed by atoms with van der Waals surface area (Å²) in [7, 11) is 0. The lowest BCUT2D eigenvalue weighted by Crippen LogP contribution is -2.31. The molecule has 0 saturated carbocycles. The summed E-state index contributed by atoms with van der Waals surface area (Å²) in [5, 5.41) is 0. The number of ketones is 3. The van der Waals surface area contributed by atoms with Gasteiger partial charge in [-0.25, -0.2) is 0 Å². The maximum absolute atomic E-state index is 13.8. The molecule has 3 nitrogen and oxygen atoms in total. The monoisotopic (exact) mass is 382 g/mol. The molecule has 0 heterocycles. The Morgan fingerprint density at radius 2 is 1.24 bits per heavy atom. The van der Waals surface area contributed by atoms with Crippen LogP contribution in [0.15, 0.2) is 66.7 Å². The Hall–Kier alpha value is -3.33. The summed E-state index contributed by atoms with van der Waals surface area (Å²) in [4.78, 5) is 39.8. The summed E-state index contributed by atoms with van der Waals surface area (Å²) < 4.78 is 0. The number of carbonyl (C=O) groups is 3. The zero-order valence-electron chi connectivity index (χ0n) is 16.7. The quantitative estimate of drug-likeness (QED) is 0.596. The number of rotatable bonds is 4. The highest BCUT2D eigenvalue weighted by molar-refractivity contribution is 6.36. The highest BCUT2D eigenvalue weighted by atomic mass is 16.2. The fraction of sp³-hybridized carbons (Fsp3) is 0.192. The molecule has 0 amide bonds. The average molecular weight is 382 g/mol. The van der Waals surface area contributed by atoms with E-state index in [1.807, 2.05) is 63.2 Å². The van der Waals surface area contributed by atoms with Crippen LogP contribution in [-0.4, -0.2) is 17.3 Å². The van der Waals surface area contributed by atoms with E-state index in [2.05, 4.69) is 0 Å². The molecular formula is C26H22O3. The Kier molecular flexibility index (Phi) is 4.75. The van der Waals surface area contributed by atoms with E-state index in [1.165, 1.54) is 0 Å². The van der Waals surface area contributed by atoms with Crippen molar-refractivity contribution in [3.05, 3.63) is 106 Å². The van der Waals surface area contributed by atoms with Gasteiger partial charge in [0.25, 0.3) is 0 Å². The van der Waals surface area contributed by atoms with Crippen LogP contribution in [0.25, 0.3) is 0 Å². The van der Waals surface area contributed by atoms with Crippen molar-refractivity contribution in [3.8, 4) is 0 Å². The largest absolute Gasteiger partial charge is 0.297 e. The Labute approximate surface area is 170 Å². The molecule has 144 valence electrons. The molecule has 1 atom stereocenters. The zero-order chi connectivity index (χ0) is 20.7. The first-order valence-corrected chi connectivity index (χ1v) is 9.74. The summed E-state index contributed by atoms with van der Waals surface area (Å²) in [5.41, 5.74) is 5.45. The molecule has 29 heavy (non-hydrogen) atoms. The number of aryl methyl sites for hydroxylation is 3. The SMILES string of the molecule is Cc1cc(C)c(C(C(=O)C2C(=O)c3ccccc3C2=O)c2ccccc2)c(C)c1. The molecule has 3 heteroatoms. The van der Waals surface area contributed by atoms with Crippen molar-refractivity contribution in [2.24, 2.45) is 5.92 Å². The van der Waals surface area contributed by atoms with Gasteiger partial charge in [-0.15, -0.1) is 0 Å². The van der Waals surface area contributed by atoms with E-state index < -0.39 is 11.8 Å². The van der Waals surface area contributed by atoms with E-state index in [-0.39, 0.29) is 17.3 Å². The van der Waals surface area contributed by atoms with Gasteiger partial charge >= 0.3 is 0 Å². The van der Waals surface area contributed by atoms with E-state index in [9.17, 15) is 14.4 Å². The van der Waals surface area contributed by atoms with Crippen LogP contribution in [0.4, 0.5) is 0 Å². The van der Waals surface area contributed by atoms with Crippen LogP contribution in [-0.2, 0) is 4.79 Å². The third-order valence-electron chi connectivity index (χ3n) is 5.71. The van der Waals surface area contributed by atoms with Crippen LogP contribution < -0.4 is 0 Å². The lowest BCUT2D eigenvalue weighted by Gasteiger charge is -2.23. The maximum atomic E-state index is 13.8. The molecule has 1 aliphatic carbocycles. The lowest BCUT2D eigenvalue weighted by molar-refractivity contribution is -0.120. The molecule has 0 aromatic heterocycles. The van der Waals surface area contributed by atoms with E-state index in [0.717, 1.165) is 27.8 Å². The standard InChI is InChI=1S/C26H22O3/c1-15-13-16(2)21(17(3)14-15)22(18-9-5-4-6-10-18)26(29)23-24(27)19-11-7-8-12-20(19)25(23)28/h4-14,22-23H,1-3H3. The van der Waals surface area contributed by atoms with E-state index >= 15 is 0 Å². The van der Waals surface area contributed by atoms with Crippen molar-refractivity contribution >= 4 is 17.3 Å². The summed E-state index contributed by atoms with van der Waals surface area (Å²) in [6, 6.07) is 20.2. The predicted octanol–water partition coefficient (Wildman–Crippen LogP) is 5.01. The van der Waals surface area contributed by atoms with Crippen LogP contribution in [0.5, 0.6) is 0 Å². The number of hydrogen-bond donors (Lipinski definition) is 0. The highest BCUT2D eigenvalue weighted by Crippen LogP contribution is 2.37. The molecule has 0 fully saturated rings. The first-order chi connectivity index (χ1) is 13.9. The van der Waals surface area contributed by atoms with Gasteiger partial charge in [0.15, 0.2) is 17.3 Å². The first-order valence-electron chi connectivity index (χ1n) is 9.74. The van der Waals surface area contributed by atoms with E-state index in [4.69, 9.17) is 0 Å². The number of benzene rings is 3. The highest BCUT2D eigenvalue weighted by Gasteiger charge is 2.46. The van der Waals surface area contributed by atoms with Crippen molar-refractivity contribution < 1.29 is 14.4 Å². The van der Waals surface area contributed by atoms with Crippen LogP contribution in [0, 0.1) is 26.7 Å². The van der Waals surface area contributed by atoms with Crippen molar-refractivity contribution in [1.82, 2.24) is 0 Å². The van der Waals surface area contributed by atoms with Crippen molar-refractivity contribution in [3.63, 3.8) is 0 Å². The second-order valence-electron chi connectivity index (χ2n) is 7.77. The molecule has 1 unspecified atom stereocenters. The van der Waals surface area contributed by atoms with Gasteiger partial charge in [-0.05, 0) is 43.0 Å². The Balaban J connectivity index is 1.87. The average Bonchev–Trinajstić information content (AvgIpc) is 2.95. The van der Waals surface area contributed by atoms with Gasteiger partial charge < -0.3 is 0 Å². The van der Waals surface area contributed by atoms with Gasteiger partial charge in [-0.1, -0.05) is 72.3 Å². The van der Waals surface area contributed by atoms with Crippen molar-refractivity contribution in [1.29, 1.82) is 0 Å². The van der Waals surface area contributed by atoms with Crippen LogP contribution in [0.3, 0.4) is 0 Å². The fourth-order valence-corrected chi connectivity index (χ4v) is 4.53. The fourth-order valence-electron chi connectivity index (χ4n) is 4.53. The first kappa shape index (κ1) is 19.0. The van der Waals surface area contributed by atoms with Crippen LogP contribution in [0.1, 0.15) is 54.5 Å². The Bertz CT molecular complexity index is 1080. The van der Waals surface area contributed by atoms with E-state index in [1.54, 1.807) is 24.3 Å². The minimum atomic E-state index is -1.28. The maximum Gasteiger partial charge on any atom is 0.181 e. The molecule has 0 N–H and O–H groups in total. The van der Waals surface area contributed by atoms with Gasteiger partial charge in [-0.2, -0.15) is 0 Å². The summed E-state index contributed by atoms with van der Waals surface area (Å²) in [6.45, 7) is 5.97. The molecule has 0 bridgehead atoms. The van der Waals surface area contributed by atoms with Gasteiger partial charge in [-0.3, -0.25) is 14.4 Å².